The number of piperidine rings is 1. The molecule has 28 heavy (non-hydrogen) atoms. The summed E-state index contributed by atoms with van der Waals surface area (Å²) in [5.74, 6) is 0.0322. The Balaban J connectivity index is 1.47. The van der Waals surface area contributed by atoms with Crippen molar-refractivity contribution in [2.24, 2.45) is 5.92 Å². The van der Waals surface area contributed by atoms with Crippen molar-refractivity contribution in [2.45, 2.75) is 32.4 Å². The maximum Gasteiger partial charge on any atom is 0.410 e. The summed E-state index contributed by atoms with van der Waals surface area (Å²) in [6.07, 6.45) is 2.73. The largest absolute Gasteiger partial charge is 0.445 e. The van der Waals surface area contributed by atoms with Gasteiger partial charge in [0.2, 0.25) is 5.91 Å². The Labute approximate surface area is 166 Å². The number of hydrogen-bond acceptors (Lipinski definition) is 4. The van der Waals surface area contributed by atoms with E-state index in [4.69, 9.17) is 4.74 Å². The number of carbonyl (C=O) groups excluding carboxylic acids is 2. The van der Waals surface area contributed by atoms with Gasteiger partial charge in [-0.05, 0) is 37.5 Å². The summed E-state index contributed by atoms with van der Waals surface area (Å²) in [7, 11) is 1.82. The molecule has 1 saturated heterocycles. The molecule has 0 saturated carbocycles. The van der Waals surface area contributed by atoms with E-state index in [0.717, 1.165) is 11.3 Å². The fourth-order valence-electron chi connectivity index (χ4n) is 3.42. The quantitative estimate of drug-likeness (QED) is 0.793. The Bertz CT molecular complexity index is 774. The molecule has 0 aliphatic carbocycles. The Morgan fingerprint density at radius 2 is 1.82 bits per heavy atom. The second-order valence-corrected chi connectivity index (χ2v) is 7.18. The van der Waals surface area contributed by atoms with Crippen LogP contribution in [-0.4, -0.2) is 46.9 Å². The molecule has 148 valence electrons. The van der Waals surface area contributed by atoms with Crippen LogP contribution in [0.25, 0.3) is 0 Å². The van der Waals surface area contributed by atoms with Crippen molar-refractivity contribution in [3.05, 3.63) is 66.0 Å². The van der Waals surface area contributed by atoms with Crippen molar-refractivity contribution in [3.8, 4) is 0 Å². The van der Waals surface area contributed by atoms with Gasteiger partial charge in [-0.1, -0.05) is 36.4 Å². The highest BCUT2D eigenvalue weighted by molar-refractivity contribution is 5.79. The lowest BCUT2D eigenvalue weighted by Gasteiger charge is -2.34. The molecule has 1 unspecified atom stereocenters. The minimum absolute atomic E-state index is 0.0747. The molecule has 1 aliphatic rings. The predicted octanol–water partition coefficient (Wildman–Crippen LogP) is 3.65. The third-order valence-corrected chi connectivity index (χ3v) is 5.35. The molecule has 2 heterocycles. The van der Waals surface area contributed by atoms with E-state index >= 15 is 0 Å². The van der Waals surface area contributed by atoms with E-state index in [2.05, 4.69) is 4.98 Å². The normalized spacial score (nSPS) is 15.7. The molecule has 3 rings (SSSR count). The number of likely N-dealkylation sites (tertiary alicyclic amines) is 1. The van der Waals surface area contributed by atoms with Crippen LogP contribution in [0.15, 0.2) is 54.7 Å². The zero-order valence-corrected chi connectivity index (χ0v) is 16.5. The first kappa shape index (κ1) is 19.9. The SMILES string of the molecule is CC(c1ccccn1)N(C)C(=O)C1CCN(C(=O)OCc2ccccc2)CC1. The molecule has 1 aromatic carbocycles. The molecule has 2 amide bonds. The van der Waals surface area contributed by atoms with Gasteiger partial charge in [0.1, 0.15) is 6.61 Å². The van der Waals surface area contributed by atoms with E-state index in [1.165, 1.54) is 0 Å². The second kappa shape index (κ2) is 9.35. The first-order valence-electron chi connectivity index (χ1n) is 9.69. The highest BCUT2D eigenvalue weighted by atomic mass is 16.6. The number of ether oxygens (including phenoxy) is 1. The monoisotopic (exact) mass is 381 g/mol. The summed E-state index contributed by atoms with van der Waals surface area (Å²) in [4.78, 5) is 32.9. The smallest absolute Gasteiger partial charge is 0.410 e. The summed E-state index contributed by atoms with van der Waals surface area (Å²) < 4.78 is 5.39. The van der Waals surface area contributed by atoms with Crippen molar-refractivity contribution in [2.75, 3.05) is 20.1 Å². The van der Waals surface area contributed by atoms with Crippen molar-refractivity contribution in [1.29, 1.82) is 0 Å². The van der Waals surface area contributed by atoms with Gasteiger partial charge in [-0.25, -0.2) is 4.79 Å². The molecule has 2 aromatic rings. The van der Waals surface area contributed by atoms with Gasteiger partial charge in [0.05, 0.1) is 11.7 Å². The van der Waals surface area contributed by atoms with Crippen LogP contribution in [0.1, 0.15) is 37.1 Å². The van der Waals surface area contributed by atoms with E-state index < -0.39 is 0 Å². The highest BCUT2D eigenvalue weighted by Gasteiger charge is 2.31. The van der Waals surface area contributed by atoms with Gasteiger partial charge in [0.25, 0.3) is 0 Å². The van der Waals surface area contributed by atoms with E-state index in [-0.39, 0.29) is 30.6 Å². The number of aromatic nitrogens is 1. The molecule has 1 aromatic heterocycles. The number of pyridine rings is 1. The summed E-state index contributed by atoms with van der Waals surface area (Å²) in [6, 6.07) is 15.3. The lowest BCUT2D eigenvalue weighted by molar-refractivity contribution is -0.137. The van der Waals surface area contributed by atoms with Crippen LogP contribution in [0.3, 0.4) is 0 Å². The van der Waals surface area contributed by atoms with Crippen molar-refractivity contribution < 1.29 is 14.3 Å². The number of hydrogen-bond donors (Lipinski definition) is 0. The molecule has 0 radical (unpaired) electrons. The van der Waals surface area contributed by atoms with Crippen molar-refractivity contribution in [3.63, 3.8) is 0 Å². The molecule has 1 aliphatic heterocycles. The van der Waals surface area contributed by atoms with Crippen LogP contribution in [0, 0.1) is 5.92 Å². The number of amides is 2. The average molecular weight is 381 g/mol. The van der Waals surface area contributed by atoms with Gasteiger partial charge in [-0.2, -0.15) is 0 Å². The van der Waals surface area contributed by atoms with Gasteiger partial charge in [-0.15, -0.1) is 0 Å². The number of nitrogens with zero attached hydrogens (tertiary/aromatic N) is 3. The lowest BCUT2D eigenvalue weighted by Crippen LogP contribution is -2.44. The van der Waals surface area contributed by atoms with Crippen LogP contribution in [0.5, 0.6) is 0 Å². The number of benzene rings is 1. The Morgan fingerprint density at radius 1 is 1.14 bits per heavy atom. The fraction of sp³-hybridized carbons (Fsp3) is 0.409. The van der Waals surface area contributed by atoms with E-state index in [1.54, 1.807) is 16.0 Å². The molecule has 0 bridgehead atoms. The first-order valence-corrected chi connectivity index (χ1v) is 9.69. The molecular weight excluding hydrogens is 354 g/mol. The maximum absolute atomic E-state index is 12.9. The zero-order valence-electron chi connectivity index (χ0n) is 16.5. The van der Waals surface area contributed by atoms with Gasteiger partial charge in [0, 0.05) is 32.3 Å². The van der Waals surface area contributed by atoms with Crippen LogP contribution in [0.4, 0.5) is 4.79 Å². The maximum atomic E-state index is 12.9. The molecular formula is C22H27N3O3. The Hall–Kier alpha value is -2.89. The van der Waals surface area contributed by atoms with Crippen LogP contribution < -0.4 is 0 Å². The van der Waals surface area contributed by atoms with Crippen molar-refractivity contribution in [1.82, 2.24) is 14.8 Å². The number of rotatable bonds is 5. The van der Waals surface area contributed by atoms with Gasteiger partial charge < -0.3 is 14.5 Å². The zero-order chi connectivity index (χ0) is 19.9. The van der Waals surface area contributed by atoms with Gasteiger partial charge >= 0.3 is 6.09 Å². The van der Waals surface area contributed by atoms with Crippen LogP contribution in [0.2, 0.25) is 0 Å². The summed E-state index contributed by atoms with van der Waals surface area (Å²) in [6.45, 7) is 3.32. The Morgan fingerprint density at radius 3 is 2.46 bits per heavy atom. The van der Waals surface area contributed by atoms with E-state index in [0.29, 0.717) is 25.9 Å². The first-order chi connectivity index (χ1) is 13.6. The minimum atomic E-state index is -0.315. The highest BCUT2D eigenvalue weighted by Crippen LogP contribution is 2.24. The summed E-state index contributed by atoms with van der Waals surface area (Å²) in [5.41, 5.74) is 1.84. The molecule has 0 N–H and O–H groups in total. The summed E-state index contributed by atoms with van der Waals surface area (Å²) >= 11 is 0. The molecule has 6 heteroatoms. The third-order valence-electron chi connectivity index (χ3n) is 5.35. The third kappa shape index (κ3) is 4.88. The molecule has 1 atom stereocenters. The lowest BCUT2D eigenvalue weighted by atomic mass is 9.95. The van der Waals surface area contributed by atoms with Crippen LogP contribution in [-0.2, 0) is 16.1 Å². The van der Waals surface area contributed by atoms with Gasteiger partial charge in [-0.3, -0.25) is 9.78 Å². The Kier molecular flexibility index (Phi) is 6.63. The standard InChI is InChI=1S/C22H27N3O3/c1-17(20-10-6-7-13-23-20)24(2)21(26)19-11-14-25(15-12-19)22(27)28-16-18-8-4-3-5-9-18/h3-10,13,17,19H,11-12,14-16H2,1-2H3. The second-order valence-electron chi connectivity index (χ2n) is 7.18. The summed E-state index contributed by atoms with van der Waals surface area (Å²) in [5, 5.41) is 0. The minimum Gasteiger partial charge on any atom is -0.445 e. The molecule has 6 nitrogen and oxygen atoms in total. The average Bonchev–Trinajstić information content (AvgIpc) is 2.77. The van der Waals surface area contributed by atoms with Crippen LogP contribution >= 0.6 is 0 Å². The predicted molar refractivity (Wildman–Crippen MR) is 106 cm³/mol. The topological polar surface area (TPSA) is 62.7 Å². The fourth-order valence-corrected chi connectivity index (χ4v) is 3.42. The van der Waals surface area contributed by atoms with E-state index in [9.17, 15) is 9.59 Å². The van der Waals surface area contributed by atoms with Gasteiger partial charge in [0.15, 0.2) is 0 Å². The molecule has 1 fully saturated rings. The molecule has 0 spiro atoms. The number of carbonyl (C=O) groups is 2. The van der Waals surface area contributed by atoms with E-state index in [1.807, 2.05) is 62.5 Å². The van der Waals surface area contributed by atoms with Crippen molar-refractivity contribution >= 4 is 12.0 Å².